The molecule has 1 amide bonds. The average molecular weight is 388 g/mol. The minimum absolute atomic E-state index is 0.000211. The van der Waals surface area contributed by atoms with Crippen LogP contribution in [0.1, 0.15) is 90.4 Å². The quantitative estimate of drug-likeness (QED) is 0.308. The van der Waals surface area contributed by atoms with Crippen LogP contribution < -0.4 is 0 Å². The second-order valence-corrected chi connectivity index (χ2v) is 7.15. The molecule has 0 radical (unpaired) electrons. The van der Waals surface area contributed by atoms with Crippen molar-refractivity contribution in [2.24, 2.45) is 0 Å². The van der Waals surface area contributed by atoms with E-state index in [2.05, 4.69) is 6.92 Å². The highest BCUT2D eigenvalue weighted by Crippen LogP contribution is 2.11. The van der Waals surface area contributed by atoms with Crippen molar-refractivity contribution in [3.8, 4) is 0 Å². The second-order valence-electron chi connectivity index (χ2n) is 7.15. The van der Waals surface area contributed by atoms with Crippen LogP contribution in [0, 0.1) is 0 Å². The maximum absolute atomic E-state index is 12.3. The van der Waals surface area contributed by atoms with Crippen LogP contribution in [0.3, 0.4) is 0 Å². The fraction of sp³-hybridized carbons (Fsp3) is 0.905. The lowest BCUT2D eigenvalue weighted by molar-refractivity contribution is -0.137. The third-order valence-corrected chi connectivity index (χ3v) is 4.66. The first kappa shape index (κ1) is 25.9. The third kappa shape index (κ3) is 18.0. The molecule has 6 nitrogen and oxygen atoms in total. The van der Waals surface area contributed by atoms with E-state index < -0.39 is 5.97 Å². The summed E-state index contributed by atoms with van der Waals surface area (Å²) >= 11 is 0. The molecule has 0 aliphatic rings. The maximum atomic E-state index is 12.3. The molecule has 0 fully saturated rings. The largest absolute Gasteiger partial charge is 0.481 e. The number of aliphatic hydroxyl groups is 1. The van der Waals surface area contributed by atoms with Crippen LogP contribution in [0.25, 0.3) is 0 Å². The zero-order valence-corrected chi connectivity index (χ0v) is 17.3. The molecule has 0 unspecified atom stereocenters. The number of ether oxygens (including phenoxy) is 1. The molecule has 0 aromatic rings. The van der Waals surface area contributed by atoms with Gasteiger partial charge in [-0.1, -0.05) is 64.7 Å². The monoisotopic (exact) mass is 387 g/mol. The number of nitrogens with zero attached hydrogens (tertiary/aromatic N) is 1. The van der Waals surface area contributed by atoms with Crippen molar-refractivity contribution in [2.75, 3.05) is 32.9 Å². The van der Waals surface area contributed by atoms with Crippen molar-refractivity contribution in [3.05, 3.63) is 0 Å². The van der Waals surface area contributed by atoms with E-state index in [1.165, 1.54) is 51.4 Å². The SMILES string of the molecule is CCCCCCCCCCCCN(CCOCCO)C(=O)CCCC(=O)O. The zero-order valence-electron chi connectivity index (χ0n) is 17.3. The Morgan fingerprint density at radius 3 is 1.93 bits per heavy atom. The Morgan fingerprint density at radius 1 is 0.778 bits per heavy atom. The summed E-state index contributed by atoms with van der Waals surface area (Å²) in [5.41, 5.74) is 0. The molecule has 160 valence electrons. The van der Waals surface area contributed by atoms with Gasteiger partial charge in [0.25, 0.3) is 0 Å². The molecule has 0 saturated carbocycles. The standard InChI is InChI=1S/C21H41NO5/c1-2-3-4-5-6-7-8-9-10-11-15-22(16-18-27-19-17-23)20(24)13-12-14-21(25)26/h23H,2-19H2,1H3,(H,25,26). The van der Waals surface area contributed by atoms with Gasteiger partial charge < -0.3 is 19.8 Å². The zero-order chi connectivity index (χ0) is 20.2. The Morgan fingerprint density at radius 2 is 1.37 bits per heavy atom. The van der Waals surface area contributed by atoms with Crippen LogP contribution in [0.5, 0.6) is 0 Å². The summed E-state index contributed by atoms with van der Waals surface area (Å²) in [6.07, 6.45) is 13.2. The smallest absolute Gasteiger partial charge is 0.303 e. The molecule has 0 heterocycles. The highest BCUT2D eigenvalue weighted by molar-refractivity contribution is 5.77. The maximum Gasteiger partial charge on any atom is 0.303 e. The number of hydrogen-bond donors (Lipinski definition) is 2. The van der Waals surface area contributed by atoms with Crippen LogP contribution in [0.15, 0.2) is 0 Å². The number of carboxylic acids is 1. The van der Waals surface area contributed by atoms with Crippen LogP contribution in [-0.2, 0) is 14.3 Å². The first-order valence-electron chi connectivity index (χ1n) is 10.8. The van der Waals surface area contributed by atoms with E-state index in [1.54, 1.807) is 4.90 Å². The number of unbranched alkanes of at least 4 members (excludes halogenated alkanes) is 9. The van der Waals surface area contributed by atoms with Crippen molar-refractivity contribution >= 4 is 11.9 Å². The highest BCUT2D eigenvalue weighted by Gasteiger charge is 2.13. The first-order chi connectivity index (χ1) is 13.1. The first-order valence-corrected chi connectivity index (χ1v) is 10.8. The van der Waals surface area contributed by atoms with Crippen LogP contribution >= 0.6 is 0 Å². The summed E-state index contributed by atoms with van der Waals surface area (Å²) in [5, 5.41) is 17.5. The lowest BCUT2D eigenvalue weighted by atomic mass is 10.1. The highest BCUT2D eigenvalue weighted by atomic mass is 16.5. The number of rotatable bonds is 20. The van der Waals surface area contributed by atoms with E-state index in [-0.39, 0.29) is 32.0 Å². The van der Waals surface area contributed by atoms with E-state index in [9.17, 15) is 9.59 Å². The predicted octanol–water partition coefficient (Wildman–Crippen LogP) is 4.00. The number of aliphatic hydroxyl groups excluding tert-OH is 1. The van der Waals surface area contributed by atoms with Gasteiger partial charge in [-0.15, -0.1) is 0 Å². The third-order valence-electron chi connectivity index (χ3n) is 4.66. The topological polar surface area (TPSA) is 87.1 Å². The van der Waals surface area contributed by atoms with Gasteiger partial charge in [-0.3, -0.25) is 9.59 Å². The fourth-order valence-corrected chi connectivity index (χ4v) is 3.04. The Kier molecular flexibility index (Phi) is 18.8. The summed E-state index contributed by atoms with van der Waals surface area (Å²) < 4.78 is 5.27. The molecule has 27 heavy (non-hydrogen) atoms. The van der Waals surface area contributed by atoms with E-state index in [1.807, 2.05) is 0 Å². The van der Waals surface area contributed by atoms with Crippen molar-refractivity contribution in [3.63, 3.8) is 0 Å². The van der Waals surface area contributed by atoms with Crippen molar-refractivity contribution in [2.45, 2.75) is 90.4 Å². The van der Waals surface area contributed by atoms with Crippen LogP contribution in [0.2, 0.25) is 0 Å². The minimum atomic E-state index is -0.865. The molecule has 0 aromatic heterocycles. The number of hydrogen-bond acceptors (Lipinski definition) is 4. The van der Waals surface area contributed by atoms with E-state index in [0.29, 0.717) is 26.1 Å². The van der Waals surface area contributed by atoms with Crippen molar-refractivity contribution < 1.29 is 24.5 Å². The fourth-order valence-electron chi connectivity index (χ4n) is 3.04. The lowest BCUT2D eigenvalue weighted by Gasteiger charge is -2.22. The van der Waals surface area contributed by atoms with Gasteiger partial charge in [0.2, 0.25) is 5.91 Å². The van der Waals surface area contributed by atoms with Gasteiger partial charge in [0, 0.05) is 25.9 Å². The molecule has 0 bridgehead atoms. The molecule has 0 aromatic carbocycles. The Hall–Kier alpha value is -1.14. The van der Waals surface area contributed by atoms with Crippen LogP contribution in [0.4, 0.5) is 0 Å². The Bertz CT molecular complexity index is 362. The van der Waals surface area contributed by atoms with Gasteiger partial charge in [0.15, 0.2) is 0 Å². The molecule has 0 atom stereocenters. The summed E-state index contributed by atoms with van der Waals surface area (Å²) in [5.74, 6) is -0.866. The lowest BCUT2D eigenvalue weighted by Crippen LogP contribution is -2.35. The van der Waals surface area contributed by atoms with Gasteiger partial charge in [0.05, 0.1) is 19.8 Å². The molecule has 0 spiro atoms. The summed E-state index contributed by atoms with van der Waals surface area (Å²) in [7, 11) is 0. The van der Waals surface area contributed by atoms with E-state index in [4.69, 9.17) is 14.9 Å². The van der Waals surface area contributed by atoms with Gasteiger partial charge in [-0.2, -0.15) is 0 Å². The molecule has 0 aliphatic heterocycles. The predicted molar refractivity (Wildman–Crippen MR) is 108 cm³/mol. The minimum Gasteiger partial charge on any atom is -0.481 e. The molecule has 6 heteroatoms. The molecule has 0 rings (SSSR count). The van der Waals surface area contributed by atoms with Crippen LogP contribution in [-0.4, -0.2) is 59.9 Å². The molecule has 0 saturated heterocycles. The van der Waals surface area contributed by atoms with Gasteiger partial charge in [-0.25, -0.2) is 0 Å². The number of aliphatic carboxylic acids is 1. The van der Waals surface area contributed by atoms with E-state index >= 15 is 0 Å². The Balaban J connectivity index is 3.91. The average Bonchev–Trinajstić information content (AvgIpc) is 2.64. The van der Waals surface area contributed by atoms with Gasteiger partial charge in [0.1, 0.15) is 0 Å². The number of amides is 1. The summed E-state index contributed by atoms with van der Waals surface area (Å²) in [6, 6.07) is 0. The van der Waals surface area contributed by atoms with E-state index in [0.717, 1.165) is 12.8 Å². The molecular formula is C21H41NO5. The number of carboxylic acid groups (broad SMARTS) is 1. The molecule has 2 N–H and O–H groups in total. The summed E-state index contributed by atoms with van der Waals surface area (Å²) in [4.78, 5) is 24.7. The number of carbonyl (C=O) groups excluding carboxylic acids is 1. The molecule has 0 aliphatic carbocycles. The Labute approximate surface area is 165 Å². The van der Waals surface area contributed by atoms with Gasteiger partial charge in [-0.05, 0) is 12.8 Å². The number of carbonyl (C=O) groups is 2. The van der Waals surface area contributed by atoms with Gasteiger partial charge >= 0.3 is 5.97 Å². The molecular weight excluding hydrogens is 346 g/mol. The second kappa shape index (κ2) is 19.6. The normalized spacial score (nSPS) is 10.9. The summed E-state index contributed by atoms with van der Waals surface area (Å²) in [6.45, 7) is 4.10. The van der Waals surface area contributed by atoms with Crippen molar-refractivity contribution in [1.29, 1.82) is 0 Å². The van der Waals surface area contributed by atoms with Crippen molar-refractivity contribution in [1.82, 2.24) is 4.90 Å².